The quantitative estimate of drug-likeness (QED) is 0.0868. The van der Waals surface area contributed by atoms with Gasteiger partial charge in [-0.1, -0.05) is 279 Å². The number of nitrogens with two attached hydrogens (primary N) is 1. The average molecular weight is 1090 g/mol. The molecule has 0 amide bonds. The molecule has 0 aliphatic carbocycles. The fraction of sp³-hybridized carbons (Fsp3) is 0.0253. The second-order valence-electron chi connectivity index (χ2n) is 21.1. The first-order valence-electron chi connectivity index (χ1n) is 28.6. The monoisotopic (exact) mass is 1090 g/mol. The van der Waals surface area contributed by atoms with E-state index < -0.39 is 0 Å². The minimum atomic E-state index is -0.254. The summed E-state index contributed by atoms with van der Waals surface area (Å²) in [6.07, 6.45) is 0. The van der Waals surface area contributed by atoms with E-state index in [0.717, 1.165) is 111 Å². The van der Waals surface area contributed by atoms with Crippen LogP contribution in [0.15, 0.2) is 325 Å². The van der Waals surface area contributed by atoms with Gasteiger partial charge in [0.05, 0.1) is 6.04 Å². The predicted octanol–water partition coefficient (Wildman–Crippen LogP) is 19.5. The van der Waals surface area contributed by atoms with Crippen LogP contribution in [0.1, 0.15) is 29.7 Å². The molecule has 6 heteroatoms. The third kappa shape index (κ3) is 12.2. The van der Waals surface area contributed by atoms with Crippen molar-refractivity contribution in [3.63, 3.8) is 0 Å². The van der Waals surface area contributed by atoms with Gasteiger partial charge in [0.25, 0.3) is 0 Å². The van der Waals surface area contributed by atoms with Gasteiger partial charge in [-0.05, 0) is 127 Å². The Labute approximate surface area is 496 Å². The second-order valence-corrected chi connectivity index (χ2v) is 21.1. The Hall–Kier alpha value is -11.2. The highest BCUT2D eigenvalue weighted by Gasteiger charge is 2.17. The molecular weight excluding hydrogens is 1030 g/mol. The topological polar surface area (TPSA) is 89.4 Å². The number of benzene rings is 12. The largest absolute Gasteiger partial charge is 0.383 e. The SMILES string of the molecule is CC(/N=C(\N=C(/N)c1ccc(-c2ccccc2)cc1)c1cccc(-c2ccccc2)c1)c1cccc(-c2cccc(-c3cccc(-c4cccc(-c5nc(-c6ccc(-c7ccccc7)cc6)nc(-c6cccc(-c7ccccc7)c6)n5)c4)c3)c2)c1. The molecule has 0 bridgehead atoms. The molecule has 1 aromatic heterocycles. The van der Waals surface area contributed by atoms with Gasteiger partial charge in [-0.15, -0.1) is 0 Å². The molecule has 404 valence electrons. The maximum atomic E-state index is 6.86. The first kappa shape index (κ1) is 53.1. The van der Waals surface area contributed by atoms with Crippen molar-refractivity contribution < 1.29 is 0 Å². The summed E-state index contributed by atoms with van der Waals surface area (Å²) in [5.74, 6) is 2.77. The Morgan fingerprint density at radius 3 is 1.01 bits per heavy atom. The van der Waals surface area contributed by atoms with Crippen molar-refractivity contribution in [1.29, 1.82) is 0 Å². The molecular formula is C79H58N6. The molecule has 0 saturated carbocycles. The standard InChI is InChI=1S/C79H58N6/c1-54(81-77(72-37-17-29-64(51-72)57-24-10-4-11-25-57)82-75(80)61-44-40-59(41-45-61)55-20-6-2-7-21-55)63-28-14-31-66(48-63)67-32-15-33-68(49-67)69-34-16-35-70(50-69)71-36-19-39-74(53-71)79-84-76(62-46-42-60(43-47-62)56-22-8-3-9-23-56)83-78(85-79)73-38-18-30-65(52-73)58-26-12-5-13-27-58/h2-54H,1H3,(H2,80,81,82). The first-order chi connectivity index (χ1) is 41.9. The zero-order valence-corrected chi connectivity index (χ0v) is 46.9. The van der Waals surface area contributed by atoms with Crippen LogP contribution in [0.3, 0.4) is 0 Å². The Bertz CT molecular complexity index is 4520. The summed E-state index contributed by atoms with van der Waals surface area (Å²) in [6.45, 7) is 2.12. The van der Waals surface area contributed by atoms with Crippen LogP contribution in [-0.4, -0.2) is 26.6 Å². The van der Waals surface area contributed by atoms with Crippen LogP contribution in [0.5, 0.6) is 0 Å². The molecule has 0 aliphatic heterocycles. The van der Waals surface area contributed by atoms with Crippen molar-refractivity contribution in [1.82, 2.24) is 15.0 Å². The highest BCUT2D eigenvalue weighted by atomic mass is 15.0. The molecule has 0 saturated heterocycles. The van der Waals surface area contributed by atoms with Crippen molar-refractivity contribution in [2.24, 2.45) is 15.7 Å². The first-order valence-corrected chi connectivity index (χ1v) is 28.6. The molecule has 12 aromatic carbocycles. The van der Waals surface area contributed by atoms with Gasteiger partial charge < -0.3 is 5.73 Å². The summed E-state index contributed by atoms with van der Waals surface area (Å²) in [5.41, 5.74) is 27.8. The molecule has 0 fully saturated rings. The lowest BCUT2D eigenvalue weighted by atomic mass is 9.94. The van der Waals surface area contributed by atoms with Gasteiger partial charge in [-0.2, -0.15) is 0 Å². The molecule has 2 N–H and O–H groups in total. The average Bonchev–Trinajstić information content (AvgIpc) is 3.66. The van der Waals surface area contributed by atoms with Crippen molar-refractivity contribution >= 4 is 11.7 Å². The van der Waals surface area contributed by atoms with Gasteiger partial charge in [0.2, 0.25) is 0 Å². The van der Waals surface area contributed by atoms with Crippen LogP contribution in [0.4, 0.5) is 0 Å². The molecule has 85 heavy (non-hydrogen) atoms. The van der Waals surface area contributed by atoms with Gasteiger partial charge in [-0.25, -0.2) is 19.9 Å². The molecule has 1 heterocycles. The normalized spacial score (nSPS) is 12.0. The van der Waals surface area contributed by atoms with E-state index in [-0.39, 0.29) is 6.04 Å². The van der Waals surface area contributed by atoms with E-state index >= 15 is 0 Å². The maximum Gasteiger partial charge on any atom is 0.164 e. The van der Waals surface area contributed by atoms with Crippen LogP contribution in [0, 0.1) is 0 Å². The van der Waals surface area contributed by atoms with Crippen LogP contribution >= 0.6 is 0 Å². The summed E-state index contributed by atoms with van der Waals surface area (Å²) in [6, 6.07) is 109. The predicted molar refractivity (Wildman–Crippen MR) is 353 cm³/mol. The van der Waals surface area contributed by atoms with Crippen LogP contribution in [-0.2, 0) is 0 Å². The Balaban J connectivity index is 0.797. The summed E-state index contributed by atoms with van der Waals surface area (Å²) in [7, 11) is 0. The van der Waals surface area contributed by atoms with E-state index in [9.17, 15) is 0 Å². The maximum absolute atomic E-state index is 6.86. The van der Waals surface area contributed by atoms with Gasteiger partial charge >= 0.3 is 0 Å². The zero-order valence-electron chi connectivity index (χ0n) is 46.9. The highest BCUT2D eigenvalue weighted by Crippen LogP contribution is 2.35. The van der Waals surface area contributed by atoms with Gasteiger partial charge in [0.15, 0.2) is 23.3 Å². The van der Waals surface area contributed by atoms with E-state index in [0.29, 0.717) is 29.1 Å². The fourth-order valence-electron chi connectivity index (χ4n) is 10.8. The zero-order chi connectivity index (χ0) is 57.3. The molecule has 13 aromatic rings. The third-order valence-electron chi connectivity index (χ3n) is 15.4. The number of amidine groups is 2. The van der Waals surface area contributed by atoms with Gasteiger partial charge in [-0.3, -0.25) is 4.99 Å². The van der Waals surface area contributed by atoms with Crippen molar-refractivity contribution in [3.05, 3.63) is 332 Å². The molecule has 0 spiro atoms. The van der Waals surface area contributed by atoms with E-state index in [1.807, 2.05) is 48.5 Å². The molecule has 0 aliphatic rings. The van der Waals surface area contributed by atoms with E-state index in [1.165, 1.54) is 0 Å². The number of aromatic nitrogens is 3. The smallest absolute Gasteiger partial charge is 0.164 e. The summed E-state index contributed by atoms with van der Waals surface area (Å²) < 4.78 is 0. The number of aliphatic imine (C=N–C) groups is 2. The minimum Gasteiger partial charge on any atom is -0.383 e. The van der Waals surface area contributed by atoms with E-state index in [2.05, 4.69) is 274 Å². The lowest BCUT2D eigenvalue weighted by molar-refractivity contribution is 0.819. The molecule has 0 radical (unpaired) electrons. The second kappa shape index (κ2) is 24.5. The van der Waals surface area contributed by atoms with Crippen molar-refractivity contribution in [2.45, 2.75) is 13.0 Å². The molecule has 13 rings (SSSR count). The minimum absolute atomic E-state index is 0.254. The Kier molecular flexibility index (Phi) is 15.3. The summed E-state index contributed by atoms with van der Waals surface area (Å²) >= 11 is 0. The summed E-state index contributed by atoms with van der Waals surface area (Å²) in [4.78, 5) is 25.9. The molecule has 1 unspecified atom stereocenters. The highest BCUT2D eigenvalue weighted by molar-refractivity contribution is 6.11. The number of hydrogen-bond donors (Lipinski definition) is 1. The lowest BCUT2D eigenvalue weighted by Gasteiger charge is -2.14. The number of nitrogens with zero attached hydrogens (tertiary/aromatic N) is 5. The number of hydrogen-bond acceptors (Lipinski definition) is 4. The van der Waals surface area contributed by atoms with Crippen molar-refractivity contribution in [2.75, 3.05) is 0 Å². The van der Waals surface area contributed by atoms with E-state index in [1.54, 1.807) is 0 Å². The fourth-order valence-corrected chi connectivity index (χ4v) is 10.8. The van der Waals surface area contributed by atoms with Crippen LogP contribution < -0.4 is 5.73 Å². The van der Waals surface area contributed by atoms with Crippen molar-refractivity contribution in [3.8, 4) is 112 Å². The molecule has 1 atom stereocenters. The van der Waals surface area contributed by atoms with Crippen LogP contribution in [0.25, 0.3) is 112 Å². The van der Waals surface area contributed by atoms with E-state index in [4.69, 9.17) is 30.7 Å². The Morgan fingerprint density at radius 2 is 0.565 bits per heavy atom. The Morgan fingerprint density at radius 1 is 0.271 bits per heavy atom. The van der Waals surface area contributed by atoms with Crippen LogP contribution in [0.2, 0.25) is 0 Å². The lowest BCUT2D eigenvalue weighted by Crippen LogP contribution is -2.16. The summed E-state index contributed by atoms with van der Waals surface area (Å²) in [5, 5.41) is 0. The van der Waals surface area contributed by atoms with Gasteiger partial charge in [0, 0.05) is 27.8 Å². The van der Waals surface area contributed by atoms with Gasteiger partial charge in [0.1, 0.15) is 5.84 Å². The number of rotatable bonds is 14. The third-order valence-corrected chi connectivity index (χ3v) is 15.4. The molecule has 6 nitrogen and oxygen atoms in total.